The predicted molar refractivity (Wildman–Crippen MR) is 122 cm³/mol. The van der Waals surface area contributed by atoms with Crippen molar-refractivity contribution in [3.63, 3.8) is 0 Å². The molecular formula is C24H23N3O2S. The summed E-state index contributed by atoms with van der Waals surface area (Å²) in [6.07, 6.45) is 0.166. The molecule has 152 valence electrons. The van der Waals surface area contributed by atoms with Crippen LogP contribution in [-0.4, -0.2) is 24.1 Å². The van der Waals surface area contributed by atoms with E-state index in [1.54, 1.807) is 16.2 Å². The van der Waals surface area contributed by atoms with Crippen molar-refractivity contribution in [2.24, 2.45) is 4.99 Å². The third-order valence-electron chi connectivity index (χ3n) is 5.20. The number of aryl methyl sites for hydroxylation is 2. The molecule has 5 nitrogen and oxygen atoms in total. The second-order valence-corrected chi connectivity index (χ2v) is 8.33. The molecule has 0 atom stereocenters. The largest absolute Gasteiger partial charge is 0.350 e. The highest BCUT2D eigenvalue weighted by molar-refractivity contribution is 7.12. The normalized spacial score (nSPS) is 13.5. The minimum Gasteiger partial charge on any atom is -0.350 e. The Balaban J connectivity index is 1.61. The van der Waals surface area contributed by atoms with E-state index in [4.69, 9.17) is 4.99 Å². The predicted octanol–water partition coefficient (Wildman–Crippen LogP) is 4.54. The Kier molecular flexibility index (Phi) is 5.77. The number of rotatable bonds is 5. The van der Waals surface area contributed by atoms with Gasteiger partial charge in [-0.15, -0.1) is 11.3 Å². The summed E-state index contributed by atoms with van der Waals surface area (Å²) in [5.41, 5.74) is 5.33. The van der Waals surface area contributed by atoms with Crippen LogP contribution in [0.2, 0.25) is 0 Å². The third-order valence-corrected chi connectivity index (χ3v) is 6.12. The maximum Gasteiger partial charge on any atom is 0.240 e. The van der Waals surface area contributed by atoms with Crippen molar-refractivity contribution >= 4 is 40.2 Å². The minimum absolute atomic E-state index is 0.0333. The van der Waals surface area contributed by atoms with Gasteiger partial charge in [-0.3, -0.25) is 9.59 Å². The second-order valence-electron chi connectivity index (χ2n) is 7.38. The summed E-state index contributed by atoms with van der Waals surface area (Å²) < 4.78 is 0. The first kappa shape index (κ1) is 20.0. The van der Waals surface area contributed by atoms with E-state index >= 15 is 0 Å². The van der Waals surface area contributed by atoms with Crippen LogP contribution in [0.3, 0.4) is 0 Å². The van der Waals surface area contributed by atoms with Crippen molar-refractivity contribution in [2.75, 3.05) is 11.4 Å². The van der Waals surface area contributed by atoms with Crippen LogP contribution >= 0.6 is 11.3 Å². The lowest BCUT2D eigenvalue weighted by Gasteiger charge is -2.23. The zero-order valence-corrected chi connectivity index (χ0v) is 17.8. The molecule has 1 aliphatic heterocycles. The molecule has 0 radical (unpaired) electrons. The summed E-state index contributed by atoms with van der Waals surface area (Å²) >= 11 is 1.56. The van der Waals surface area contributed by atoms with Gasteiger partial charge in [-0.1, -0.05) is 36.4 Å². The first-order valence-electron chi connectivity index (χ1n) is 9.85. The molecule has 2 aromatic carbocycles. The van der Waals surface area contributed by atoms with E-state index < -0.39 is 0 Å². The van der Waals surface area contributed by atoms with Crippen molar-refractivity contribution < 1.29 is 9.59 Å². The molecule has 0 spiro atoms. The molecule has 0 bridgehead atoms. The van der Waals surface area contributed by atoms with E-state index in [-0.39, 0.29) is 24.8 Å². The molecule has 4 rings (SSSR count). The van der Waals surface area contributed by atoms with E-state index in [2.05, 4.69) is 5.32 Å². The number of carbonyl (C=O) groups excluding carboxylic acids is 2. The smallest absolute Gasteiger partial charge is 0.240 e. The molecule has 0 saturated heterocycles. The van der Waals surface area contributed by atoms with E-state index in [1.165, 1.54) is 0 Å². The van der Waals surface area contributed by atoms with Gasteiger partial charge in [0, 0.05) is 11.4 Å². The fourth-order valence-electron chi connectivity index (χ4n) is 3.40. The molecule has 0 saturated carbocycles. The topological polar surface area (TPSA) is 61.8 Å². The zero-order valence-electron chi connectivity index (χ0n) is 17.0. The van der Waals surface area contributed by atoms with Crippen LogP contribution in [-0.2, 0) is 16.1 Å². The lowest BCUT2D eigenvalue weighted by Crippen LogP contribution is -2.41. The third kappa shape index (κ3) is 4.33. The van der Waals surface area contributed by atoms with Crippen molar-refractivity contribution in [3.8, 4) is 0 Å². The molecule has 0 aliphatic carbocycles. The number of thiophene rings is 1. The Morgan fingerprint density at radius 1 is 1.10 bits per heavy atom. The zero-order chi connectivity index (χ0) is 21.1. The molecule has 0 fully saturated rings. The van der Waals surface area contributed by atoms with Gasteiger partial charge < -0.3 is 10.2 Å². The highest BCUT2D eigenvalue weighted by Crippen LogP contribution is 2.36. The quantitative estimate of drug-likeness (QED) is 0.663. The number of carbonyl (C=O) groups is 2. The van der Waals surface area contributed by atoms with Crippen LogP contribution in [0.5, 0.6) is 0 Å². The number of amides is 2. The maximum atomic E-state index is 13.2. The molecular weight excluding hydrogens is 394 g/mol. The highest BCUT2D eigenvalue weighted by atomic mass is 32.1. The first-order valence-corrected chi connectivity index (χ1v) is 10.7. The molecule has 6 heteroatoms. The van der Waals surface area contributed by atoms with Crippen LogP contribution < -0.4 is 10.2 Å². The van der Waals surface area contributed by atoms with Gasteiger partial charge in [0.2, 0.25) is 11.8 Å². The Morgan fingerprint density at radius 3 is 2.60 bits per heavy atom. The second kappa shape index (κ2) is 8.63. The van der Waals surface area contributed by atoms with Crippen LogP contribution in [0.15, 0.2) is 65.0 Å². The number of fused-ring (bicyclic) bond motifs is 1. The Morgan fingerprint density at radius 2 is 1.87 bits per heavy atom. The van der Waals surface area contributed by atoms with E-state index in [0.29, 0.717) is 12.2 Å². The standard InChI is InChI=1S/C24H23N3O2S/c1-16-11-19-21(12-17(16)2)27(15-23(28)25-14-18-7-4-3-5-8-18)24(29)13-20(26-19)22-9-6-10-30-22/h3-12H,13-15H2,1-2H3,(H,25,28). The van der Waals surface area contributed by atoms with E-state index in [1.807, 2.05) is 73.8 Å². The van der Waals surface area contributed by atoms with Gasteiger partial charge in [0.15, 0.2) is 0 Å². The molecule has 30 heavy (non-hydrogen) atoms. The monoisotopic (exact) mass is 417 g/mol. The molecule has 3 aromatic rings. The van der Waals surface area contributed by atoms with Crippen LogP contribution in [0.4, 0.5) is 11.4 Å². The first-order chi connectivity index (χ1) is 14.5. The van der Waals surface area contributed by atoms with Gasteiger partial charge in [-0.05, 0) is 54.1 Å². The highest BCUT2D eigenvalue weighted by Gasteiger charge is 2.27. The number of hydrogen-bond acceptors (Lipinski definition) is 4. The average Bonchev–Trinajstić information content (AvgIpc) is 3.24. The number of nitrogens with one attached hydrogen (secondary N) is 1. The van der Waals surface area contributed by atoms with Crippen LogP contribution in [0.1, 0.15) is 28.0 Å². The summed E-state index contributed by atoms with van der Waals surface area (Å²) in [7, 11) is 0. The SMILES string of the molecule is Cc1cc2c(cc1C)N(CC(=O)NCc1ccccc1)C(=O)CC(c1cccs1)=N2. The fraction of sp³-hybridized carbons (Fsp3) is 0.208. The van der Waals surface area contributed by atoms with Gasteiger partial charge in [0.1, 0.15) is 6.54 Å². The summed E-state index contributed by atoms with van der Waals surface area (Å²) in [4.78, 5) is 33.2. The van der Waals surface area contributed by atoms with Crippen molar-refractivity contribution in [1.82, 2.24) is 5.32 Å². The van der Waals surface area contributed by atoms with Gasteiger partial charge in [0.05, 0.1) is 23.5 Å². The average molecular weight is 418 g/mol. The molecule has 2 amide bonds. The summed E-state index contributed by atoms with van der Waals surface area (Å²) in [5.74, 6) is -0.324. The fourth-order valence-corrected chi connectivity index (χ4v) is 4.12. The number of benzene rings is 2. The van der Waals surface area contributed by atoms with Gasteiger partial charge in [-0.2, -0.15) is 0 Å². The van der Waals surface area contributed by atoms with Gasteiger partial charge in [0.25, 0.3) is 0 Å². The molecule has 2 heterocycles. The Labute approximate surface area is 180 Å². The summed E-state index contributed by atoms with van der Waals surface area (Å²) in [5, 5.41) is 4.89. The maximum absolute atomic E-state index is 13.2. The molecule has 0 unspecified atom stereocenters. The minimum atomic E-state index is -0.198. The number of anilines is 1. The lowest BCUT2D eigenvalue weighted by atomic mass is 10.1. The van der Waals surface area contributed by atoms with Gasteiger partial charge in [-0.25, -0.2) is 4.99 Å². The number of aliphatic imine (C=N–C) groups is 1. The Bertz CT molecular complexity index is 1100. The number of nitrogens with zero attached hydrogens (tertiary/aromatic N) is 2. The molecule has 1 aliphatic rings. The van der Waals surface area contributed by atoms with Crippen LogP contribution in [0.25, 0.3) is 0 Å². The summed E-state index contributed by atoms with van der Waals surface area (Å²) in [6, 6.07) is 17.6. The molecule has 1 N–H and O–H groups in total. The van der Waals surface area contributed by atoms with Crippen molar-refractivity contribution in [1.29, 1.82) is 0 Å². The lowest BCUT2D eigenvalue weighted by molar-refractivity contribution is -0.123. The van der Waals surface area contributed by atoms with Crippen molar-refractivity contribution in [3.05, 3.63) is 81.5 Å². The van der Waals surface area contributed by atoms with E-state index in [0.717, 1.165) is 33.0 Å². The van der Waals surface area contributed by atoms with E-state index in [9.17, 15) is 9.59 Å². The Hall–Kier alpha value is -3.25. The number of hydrogen-bond donors (Lipinski definition) is 1. The van der Waals surface area contributed by atoms with Gasteiger partial charge >= 0.3 is 0 Å². The molecule has 1 aromatic heterocycles. The van der Waals surface area contributed by atoms with Crippen LogP contribution in [0, 0.1) is 13.8 Å². The summed E-state index contributed by atoms with van der Waals surface area (Å²) in [6.45, 7) is 4.43. The van der Waals surface area contributed by atoms with Crippen molar-refractivity contribution in [2.45, 2.75) is 26.8 Å².